The molecule has 0 aliphatic heterocycles. The summed E-state index contributed by atoms with van der Waals surface area (Å²) in [4.78, 5) is 0. The molecule has 0 saturated carbocycles. The van der Waals surface area contributed by atoms with Crippen molar-refractivity contribution in [3.8, 4) is 0 Å². The number of halogens is 1. The number of nitrogens with two attached hydrogens (primary N) is 1. The number of anilines is 1. The van der Waals surface area contributed by atoms with Crippen LogP contribution >= 0.6 is 0 Å². The molecule has 1 unspecified atom stereocenters. The average molecular weight is 207 g/mol. The van der Waals surface area contributed by atoms with Gasteiger partial charge in [-0.05, 0) is 12.1 Å². The molecule has 1 aromatic heterocycles. The van der Waals surface area contributed by atoms with Gasteiger partial charge >= 0.3 is 0 Å². The number of benzene rings is 1. The molecule has 1 heterocycles. The molecule has 5 heteroatoms. The molecule has 2 rings (SSSR count). The fourth-order valence-electron chi connectivity index (χ4n) is 1.38. The number of hydrogen-bond acceptors (Lipinski definition) is 3. The minimum Gasteiger partial charge on any atom is -0.398 e. The smallest absolute Gasteiger partial charge is 0.125 e. The van der Waals surface area contributed by atoms with Gasteiger partial charge in [-0.1, -0.05) is 6.07 Å². The lowest BCUT2D eigenvalue weighted by atomic mass is 10.0. The molecule has 0 spiro atoms. The summed E-state index contributed by atoms with van der Waals surface area (Å²) in [6.07, 6.45) is 2.17. The fraction of sp³-hybridized carbons (Fsp3) is 0.100. The maximum absolute atomic E-state index is 12.8. The van der Waals surface area contributed by atoms with Crippen LogP contribution in [0.1, 0.15) is 17.2 Å². The average Bonchev–Trinajstić information content (AvgIpc) is 2.69. The third-order valence-corrected chi connectivity index (χ3v) is 2.18. The van der Waals surface area contributed by atoms with Crippen LogP contribution in [0.25, 0.3) is 0 Å². The SMILES string of the molecule is Nc1cc(F)ccc1C(O)c1cn[nH]c1. The lowest BCUT2D eigenvalue weighted by Crippen LogP contribution is -2.03. The highest BCUT2D eigenvalue weighted by Crippen LogP contribution is 2.26. The Morgan fingerprint density at radius 3 is 2.87 bits per heavy atom. The number of aliphatic hydroxyl groups excluding tert-OH is 1. The van der Waals surface area contributed by atoms with Crippen molar-refractivity contribution in [3.05, 3.63) is 47.5 Å². The maximum atomic E-state index is 12.8. The number of aromatic amines is 1. The number of nitrogen functional groups attached to an aromatic ring is 1. The predicted molar refractivity (Wildman–Crippen MR) is 53.5 cm³/mol. The van der Waals surface area contributed by atoms with Crippen molar-refractivity contribution >= 4 is 5.69 Å². The highest BCUT2D eigenvalue weighted by Gasteiger charge is 2.14. The molecule has 4 nitrogen and oxygen atoms in total. The van der Waals surface area contributed by atoms with Crippen LogP contribution in [0.3, 0.4) is 0 Å². The van der Waals surface area contributed by atoms with E-state index in [1.165, 1.54) is 24.4 Å². The van der Waals surface area contributed by atoms with Gasteiger partial charge in [-0.15, -0.1) is 0 Å². The second kappa shape index (κ2) is 3.70. The summed E-state index contributed by atoms with van der Waals surface area (Å²) in [6, 6.07) is 3.90. The standard InChI is InChI=1S/C10H10FN3O/c11-7-1-2-8(9(12)3-7)10(15)6-4-13-14-5-6/h1-5,10,15H,12H2,(H,13,14). The van der Waals surface area contributed by atoms with E-state index in [0.717, 1.165) is 0 Å². The van der Waals surface area contributed by atoms with E-state index in [2.05, 4.69) is 10.2 Å². The number of aliphatic hydroxyl groups is 1. The van der Waals surface area contributed by atoms with Crippen LogP contribution in [0.15, 0.2) is 30.6 Å². The minimum absolute atomic E-state index is 0.226. The van der Waals surface area contributed by atoms with E-state index < -0.39 is 11.9 Å². The van der Waals surface area contributed by atoms with Crippen LogP contribution in [-0.2, 0) is 0 Å². The summed E-state index contributed by atoms with van der Waals surface area (Å²) in [6.45, 7) is 0. The Labute approximate surface area is 85.6 Å². The van der Waals surface area contributed by atoms with Gasteiger partial charge in [0.15, 0.2) is 0 Å². The number of rotatable bonds is 2. The largest absolute Gasteiger partial charge is 0.398 e. The first-order chi connectivity index (χ1) is 7.18. The van der Waals surface area contributed by atoms with E-state index in [1.807, 2.05) is 0 Å². The van der Waals surface area contributed by atoms with Crippen molar-refractivity contribution in [1.29, 1.82) is 0 Å². The number of H-pyrrole nitrogens is 1. The van der Waals surface area contributed by atoms with Gasteiger partial charge in [0.2, 0.25) is 0 Å². The van der Waals surface area contributed by atoms with Crippen LogP contribution in [0, 0.1) is 5.82 Å². The van der Waals surface area contributed by atoms with E-state index in [0.29, 0.717) is 11.1 Å². The van der Waals surface area contributed by atoms with Crippen molar-refractivity contribution in [2.75, 3.05) is 5.73 Å². The van der Waals surface area contributed by atoms with E-state index in [1.54, 1.807) is 6.20 Å². The molecule has 1 atom stereocenters. The van der Waals surface area contributed by atoms with Gasteiger partial charge in [0.1, 0.15) is 11.9 Å². The number of hydrogen-bond donors (Lipinski definition) is 3. The summed E-state index contributed by atoms with van der Waals surface area (Å²) in [5.41, 5.74) is 6.88. The zero-order chi connectivity index (χ0) is 10.8. The molecular formula is C10H10FN3O. The van der Waals surface area contributed by atoms with Crippen molar-refractivity contribution in [2.24, 2.45) is 0 Å². The normalized spacial score (nSPS) is 12.7. The zero-order valence-electron chi connectivity index (χ0n) is 7.81. The van der Waals surface area contributed by atoms with Crippen molar-refractivity contribution in [3.63, 3.8) is 0 Å². The minimum atomic E-state index is -0.885. The first-order valence-electron chi connectivity index (χ1n) is 4.40. The Kier molecular flexibility index (Phi) is 2.39. The van der Waals surface area contributed by atoms with Crippen LogP contribution in [-0.4, -0.2) is 15.3 Å². The molecule has 0 bridgehead atoms. The van der Waals surface area contributed by atoms with E-state index >= 15 is 0 Å². The maximum Gasteiger partial charge on any atom is 0.125 e. The lowest BCUT2D eigenvalue weighted by Gasteiger charge is -2.11. The van der Waals surface area contributed by atoms with Gasteiger partial charge < -0.3 is 10.8 Å². The van der Waals surface area contributed by atoms with Gasteiger partial charge in [-0.2, -0.15) is 5.10 Å². The summed E-state index contributed by atoms with van der Waals surface area (Å²) in [5.74, 6) is -0.421. The Balaban J connectivity index is 2.38. The van der Waals surface area contributed by atoms with Crippen molar-refractivity contribution in [2.45, 2.75) is 6.10 Å². The Morgan fingerprint density at radius 1 is 1.47 bits per heavy atom. The predicted octanol–water partition coefficient (Wildman–Crippen LogP) is 1.21. The number of aromatic nitrogens is 2. The third kappa shape index (κ3) is 1.82. The monoisotopic (exact) mass is 207 g/mol. The lowest BCUT2D eigenvalue weighted by molar-refractivity contribution is 0.221. The first kappa shape index (κ1) is 9.67. The third-order valence-electron chi connectivity index (χ3n) is 2.18. The molecule has 2 aromatic rings. The molecule has 1 aromatic carbocycles. The number of nitrogens with one attached hydrogen (secondary N) is 1. The van der Waals surface area contributed by atoms with E-state index in [4.69, 9.17) is 5.73 Å². The molecule has 0 radical (unpaired) electrons. The van der Waals surface area contributed by atoms with E-state index in [-0.39, 0.29) is 5.69 Å². The molecule has 0 aliphatic carbocycles. The van der Waals surface area contributed by atoms with Crippen LogP contribution in [0.5, 0.6) is 0 Å². The summed E-state index contributed by atoms with van der Waals surface area (Å²) >= 11 is 0. The van der Waals surface area contributed by atoms with Crippen LogP contribution in [0.2, 0.25) is 0 Å². The summed E-state index contributed by atoms with van der Waals surface area (Å²) in [7, 11) is 0. The van der Waals surface area contributed by atoms with Crippen LogP contribution < -0.4 is 5.73 Å². The quantitative estimate of drug-likeness (QED) is 0.648. The molecule has 0 saturated heterocycles. The molecule has 15 heavy (non-hydrogen) atoms. The highest BCUT2D eigenvalue weighted by atomic mass is 19.1. The second-order valence-corrected chi connectivity index (χ2v) is 3.21. The van der Waals surface area contributed by atoms with Gasteiger partial charge in [-0.3, -0.25) is 5.10 Å². The highest BCUT2D eigenvalue weighted by molar-refractivity contribution is 5.50. The Bertz CT molecular complexity index is 456. The van der Waals surface area contributed by atoms with Gasteiger partial charge in [0.05, 0.1) is 6.20 Å². The molecule has 0 aliphatic rings. The fourth-order valence-corrected chi connectivity index (χ4v) is 1.38. The van der Waals surface area contributed by atoms with Gasteiger partial charge in [0, 0.05) is 23.0 Å². The second-order valence-electron chi connectivity index (χ2n) is 3.21. The Morgan fingerprint density at radius 2 is 2.27 bits per heavy atom. The van der Waals surface area contributed by atoms with Crippen LogP contribution in [0.4, 0.5) is 10.1 Å². The first-order valence-corrected chi connectivity index (χ1v) is 4.40. The van der Waals surface area contributed by atoms with Gasteiger partial charge in [0.25, 0.3) is 0 Å². The van der Waals surface area contributed by atoms with E-state index in [9.17, 15) is 9.50 Å². The summed E-state index contributed by atoms with van der Waals surface area (Å²) < 4.78 is 12.8. The van der Waals surface area contributed by atoms with Crippen molar-refractivity contribution in [1.82, 2.24) is 10.2 Å². The summed E-state index contributed by atoms with van der Waals surface area (Å²) in [5, 5.41) is 16.2. The number of nitrogens with zero attached hydrogens (tertiary/aromatic N) is 1. The van der Waals surface area contributed by atoms with Gasteiger partial charge in [-0.25, -0.2) is 4.39 Å². The molecule has 0 fully saturated rings. The molecular weight excluding hydrogens is 197 g/mol. The molecule has 78 valence electrons. The topological polar surface area (TPSA) is 74.9 Å². The molecule has 4 N–H and O–H groups in total. The van der Waals surface area contributed by atoms with Crippen molar-refractivity contribution < 1.29 is 9.50 Å². The molecule has 0 amide bonds. The Hall–Kier alpha value is -1.88. The zero-order valence-corrected chi connectivity index (χ0v) is 7.81.